The van der Waals surface area contributed by atoms with Crippen molar-refractivity contribution in [3.05, 3.63) is 102 Å². The first kappa shape index (κ1) is 27.3. The maximum absolute atomic E-state index is 14.1. The zero-order valence-electron chi connectivity index (χ0n) is 21.9. The maximum Gasteiger partial charge on any atom is 0.258 e. The lowest BCUT2D eigenvalue weighted by Crippen LogP contribution is -2.19. The van der Waals surface area contributed by atoms with Gasteiger partial charge in [-0.25, -0.2) is 27.1 Å². The number of thiol groups is 1. The Labute approximate surface area is 236 Å². The molecule has 5 rings (SSSR count). The van der Waals surface area contributed by atoms with Crippen molar-refractivity contribution in [2.75, 3.05) is 29.2 Å². The quantitative estimate of drug-likeness (QED) is 0.199. The molecule has 0 saturated carbocycles. The number of carbonyl (C=O) groups is 1. The smallest absolute Gasteiger partial charge is 0.258 e. The van der Waals surface area contributed by atoms with E-state index in [1.54, 1.807) is 66.7 Å². The number of benzene rings is 4. The highest BCUT2D eigenvalue weighted by Crippen LogP contribution is 2.35. The van der Waals surface area contributed by atoms with Crippen molar-refractivity contribution in [2.24, 2.45) is 0 Å². The molecule has 10 nitrogen and oxygen atoms in total. The first-order chi connectivity index (χ1) is 19.9. The number of nitrogens with zero attached hydrogens (tertiary/aromatic N) is 3. The molecule has 1 amide bonds. The summed E-state index contributed by atoms with van der Waals surface area (Å²) >= 11 is 0. The molecule has 41 heavy (non-hydrogen) atoms. The van der Waals surface area contributed by atoms with E-state index in [-0.39, 0.29) is 28.6 Å². The maximum atomic E-state index is 14.1. The van der Waals surface area contributed by atoms with Gasteiger partial charge in [-0.05, 0) is 42.5 Å². The van der Waals surface area contributed by atoms with E-state index in [9.17, 15) is 17.6 Å². The molecular formula is C29H24FN5O5S. The fourth-order valence-electron chi connectivity index (χ4n) is 4.09. The molecule has 0 unspecified atom stereocenters. The number of hydrogen-bond donors (Lipinski definition) is 3. The summed E-state index contributed by atoms with van der Waals surface area (Å²) in [6.45, 7) is 0. The summed E-state index contributed by atoms with van der Waals surface area (Å²) in [6, 6.07) is 23.8. The van der Waals surface area contributed by atoms with E-state index in [4.69, 9.17) is 9.47 Å². The van der Waals surface area contributed by atoms with E-state index in [0.717, 1.165) is 4.31 Å². The second-order valence-electron chi connectivity index (χ2n) is 8.64. The molecule has 2 N–H and O–H groups in total. The molecule has 0 aliphatic heterocycles. The van der Waals surface area contributed by atoms with Gasteiger partial charge in [0.15, 0.2) is 11.6 Å². The van der Waals surface area contributed by atoms with Gasteiger partial charge in [0.2, 0.25) is 10.9 Å². The number of rotatable bonds is 9. The van der Waals surface area contributed by atoms with E-state index in [2.05, 4.69) is 20.6 Å². The van der Waals surface area contributed by atoms with Gasteiger partial charge >= 0.3 is 0 Å². The third kappa shape index (κ3) is 6.02. The van der Waals surface area contributed by atoms with Crippen LogP contribution in [0.15, 0.2) is 91.0 Å². The van der Waals surface area contributed by atoms with Gasteiger partial charge in [-0.3, -0.25) is 4.79 Å². The van der Waals surface area contributed by atoms with Crippen LogP contribution in [-0.2, 0) is 10.9 Å². The Kier molecular flexibility index (Phi) is 7.92. The largest absolute Gasteiger partial charge is 0.497 e. The molecule has 0 radical (unpaired) electrons. The Morgan fingerprint density at radius 2 is 1.46 bits per heavy atom. The first-order valence-corrected chi connectivity index (χ1v) is 13.4. The molecule has 0 aliphatic carbocycles. The summed E-state index contributed by atoms with van der Waals surface area (Å²) in [6.07, 6.45) is 0. The number of halogens is 1. The number of amides is 1. The van der Waals surface area contributed by atoms with E-state index < -0.39 is 22.6 Å². The molecule has 0 saturated heterocycles. The molecule has 0 spiro atoms. The van der Waals surface area contributed by atoms with Crippen LogP contribution in [0.4, 0.5) is 33.1 Å². The molecule has 0 aliphatic rings. The van der Waals surface area contributed by atoms with Crippen LogP contribution in [0, 0.1) is 5.82 Å². The van der Waals surface area contributed by atoms with Gasteiger partial charge in [0.25, 0.3) is 5.91 Å². The van der Waals surface area contributed by atoms with E-state index in [1.807, 2.05) is 0 Å². The third-order valence-corrected chi connectivity index (χ3v) is 6.74. The minimum atomic E-state index is -3.29. The molecule has 4 aromatic carbocycles. The van der Waals surface area contributed by atoms with Crippen molar-refractivity contribution in [3.8, 4) is 11.5 Å². The standard InChI is InChI=1S/C29H24FN5O5S/c1-39-21-15-19(16-22(17-21)40-2)31-27-28(34-26-13-6-5-12-25(26)33-27)35(41(37)38)20-9-7-8-18(14-20)32-29(36)23-10-3-4-11-24(23)30/h3-17,41H,1-2H3,(H,31,33)(H,32,36). The number of hydrogen-bond acceptors (Lipinski definition) is 8. The first-order valence-electron chi connectivity index (χ1n) is 12.2. The van der Waals surface area contributed by atoms with Gasteiger partial charge in [0, 0.05) is 29.6 Å². The van der Waals surface area contributed by atoms with Crippen LogP contribution in [0.25, 0.3) is 11.0 Å². The molecule has 0 fully saturated rings. The van der Waals surface area contributed by atoms with Gasteiger partial charge in [0.05, 0.1) is 36.5 Å². The van der Waals surface area contributed by atoms with Crippen LogP contribution in [0.2, 0.25) is 0 Å². The van der Waals surface area contributed by atoms with Crippen LogP contribution in [0.5, 0.6) is 11.5 Å². The zero-order chi connectivity index (χ0) is 28.9. The Morgan fingerprint density at radius 3 is 2.12 bits per heavy atom. The average Bonchev–Trinajstić information content (AvgIpc) is 2.97. The predicted octanol–water partition coefficient (Wildman–Crippen LogP) is 5.45. The Bertz CT molecular complexity index is 1800. The van der Waals surface area contributed by atoms with Crippen molar-refractivity contribution in [3.63, 3.8) is 0 Å². The highest BCUT2D eigenvalue weighted by molar-refractivity contribution is 7.74. The number of carbonyl (C=O) groups excluding carboxylic acids is 1. The summed E-state index contributed by atoms with van der Waals surface area (Å²) < 4.78 is 51.3. The van der Waals surface area contributed by atoms with Gasteiger partial charge in [-0.15, -0.1) is 0 Å². The molecule has 1 heterocycles. The molecule has 208 valence electrons. The second-order valence-corrected chi connectivity index (χ2v) is 9.52. The van der Waals surface area contributed by atoms with E-state index in [0.29, 0.717) is 28.2 Å². The monoisotopic (exact) mass is 573 g/mol. The topological polar surface area (TPSA) is 123 Å². The van der Waals surface area contributed by atoms with Crippen LogP contribution in [0.3, 0.4) is 0 Å². The summed E-state index contributed by atoms with van der Waals surface area (Å²) in [5.74, 6) is -0.225. The van der Waals surface area contributed by atoms with Gasteiger partial charge in [-0.2, -0.15) is 0 Å². The molecular weight excluding hydrogens is 549 g/mol. The molecule has 0 bridgehead atoms. The van der Waals surface area contributed by atoms with Crippen LogP contribution in [-0.4, -0.2) is 38.5 Å². The number of fused-ring (bicyclic) bond motifs is 1. The minimum Gasteiger partial charge on any atom is -0.497 e. The molecule has 0 atom stereocenters. The zero-order valence-corrected chi connectivity index (χ0v) is 22.8. The van der Waals surface area contributed by atoms with Crippen molar-refractivity contribution < 1.29 is 27.1 Å². The Morgan fingerprint density at radius 1 is 0.805 bits per heavy atom. The predicted molar refractivity (Wildman–Crippen MR) is 156 cm³/mol. The number of aromatic nitrogens is 2. The number of ether oxygens (including phenoxy) is 2. The summed E-state index contributed by atoms with van der Waals surface area (Å²) in [5, 5.41) is 5.75. The number of methoxy groups -OCH3 is 2. The fraction of sp³-hybridized carbons (Fsp3) is 0.0690. The van der Waals surface area contributed by atoms with Crippen molar-refractivity contribution in [2.45, 2.75) is 0 Å². The molecule has 1 aromatic heterocycles. The minimum absolute atomic E-state index is 0.0146. The summed E-state index contributed by atoms with van der Waals surface area (Å²) in [7, 11) is -0.263. The lowest BCUT2D eigenvalue weighted by molar-refractivity contribution is 0.102. The van der Waals surface area contributed by atoms with Crippen LogP contribution < -0.4 is 24.4 Å². The lowest BCUT2D eigenvalue weighted by atomic mass is 10.2. The highest BCUT2D eigenvalue weighted by atomic mass is 32.2. The van der Waals surface area contributed by atoms with Crippen LogP contribution >= 0.6 is 0 Å². The second kappa shape index (κ2) is 11.9. The van der Waals surface area contributed by atoms with Crippen molar-refractivity contribution in [1.82, 2.24) is 9.97 Å². The average molecular weight is 574 g/mol. The Balaban J connectivity index is 1.58. The summed E-state index contributed by atoms with van der Waals surface area (Å²) in [5.41, 5.74) is 1.77. The van der Waals surface area contributed by atoms with Crippen molar-refractivity contribution >= 4 is 56.5 Å². The normalized spacial score (nSPS) is 10.8. The van der Waals surface area contributed by atoms with Crippen molar-refractivity contribution in [1.29, 1.82) is 0 Å². The van der Waals surface area contributed by atoms with E-state index >= 15 is 0 Å². The number of anilines is 5. The van der Waals surface area contributed by atoms with Gasteiger partial charge in [0.1, 0.15) is 17.3 Å². The summed E-state index contributed by atoms with van der Waals surface area (Å²) in [4.78, 5) is 22.0. The number of para-hydroxylation sites is 2. The van der Waals surface area contributed by atoms with Gasteiger partial charge in [-0.1, -0.05) is 30.3 Å². The fourth-order valence-corrected chi connectivity index (χ4v) is 4.70. The highest BCUT2D eigenvalue weighted by Gasteiger charge is 2.22. The van der Waals surface area contributed by atoms with Crippen LogP contribution in [0.1, 0.15) is 10.4 Å². The van der Waals surface area contributed by atoms with E-state index in [1.165, 1.54) is 38.5 Å². The number of nitrogens with one attached hydrogen (secondary N) is 2. The third-order valence-electron chi connectivity index (χ3n) is 6.00. The Hall–Kier alpha value is -5.23. The van der Waals surface area contributed by atoms with Gasteiger partial charge < -0.3 is 20.1 Å². The molecule has 5 aromatic rings. The molecule has 12 heteroatoms. The SMILES string of the molecule is COc1cc(Nc2nc3ccccc3nc2N(c2cccc(NC(=O)c3ccccc3F)c2)[SH](=O)=O)cc(OC)c1. The lowest BCUT2D eigenvalue weighted by Gasteiger charge is -2.21.